The summed E-state index contributed by atoms with van der Waals surface area (Å²) in [7, 11) is 1.45. The summed E-state index contributed by atoms with van der Waals surface area (Å²) in [5.74, 6) is -0.265. The average Bonchev–Trinajstić information content (AvgIpc) is 2.43. The zero-order valence-corrected chi connectivity index (χ0v) is 16.2. The molecule has 146 valence electrons. The number of ether oxygens (including phenoxy) is 1. The van der Waals surface area contributed by atoms with E-state index in [9.17, 15) is 19.1 Å². The Kier molecular flexibility index (Phi) is 7.19. The zero-order valence-electron chi connectivity index (χ0n) is 16.2. The normalized spacial score (nSPS) is 18.1. The van der Waals surface area contributed by atoms with E-state index in [1.54, 1.807) is 25.7 Å². The summed E-state index contributed by atoms with van der Waals surface area (Å²) in [5.41, 5.74) is -2.01. The number of hydrogen-bond donors (Lipinski definition) is 1. The quantitative estimate of drug-likeness (QED) is 0.779. The van der Waals surface area contributed by atoms with Gasteiger partial charge in [0.25, 0.3) is 0 Å². The molecular formula is C17H32FN3O4. The molecule has 1 saturated heterocycles. The third kappa shape index (κ3) is 6.43. The fourth-order valence-corrected chi connectivity index (χ4v) is 3.17. The molecule has 0 radical (unpaired) electrons. The largest absolute Gasteiger partial charge is 0.465 e. The van der Waals surface area contributed by atoms with Crippen LogP contribution in [0.25, 0.3) is 0 Å². The van der Waals surface area contributed by atoms with Crippen molar-refractivity contribution in [3.8, 4) is 0 Å². The van der Waals surface area contributed by atoms with Gasteiger partial charge in [0.1, 0.15) is 11.7 Å². The Morgan fingerprint density at radius 3 is 2.04 bits per heavy atom. The number of amides is 2. The van der Waals surface area contributed by atoms with Gasteiger partial charge in [-0.15, -0.1) is 0 Å². The van der Waals surface area contributed by atoms with Crippen LogP contribution in [-0.2, 0) is 9.53 Å². The second kappa shape index (κ2) is 8.31. The highest BCUT2D eigenvalue weighted by atomic mass is 19.1. The van der Waals surface area contributed by atoms with Crippen LogP contribution in [0.3, 0.4) is 0 Å². The van der Waals surface area contributed by atoms with Gasteiger partial charge in [0.05, 0.1) is 6.61 Å². The van der Waals surface area contributed by atoms with E-state index in [1.165, 1.54) is 21.0 Å². The van der Waals surface area contributed by atoms with Gasteiger partial charge >= 0.3 is 6.09 Å². The second-order valence-corrected chi connectivity index (χ2v) is 8.11. The van der Waals surface area contributed by atoms with Crippen LogP contribution in [0.4, 0.5) is 9.18 Å². The van der Waals surface area contributed by atoms with Gasteiger partial charge < -0.3 is 14.7 Å². The van der Waals surface area contributed by atoms with E-state index in [-0.39, 0.29) is 12.5 Å². The van der Waals surface area contributed by atoms with Gasteiger partial charge in [-0.05, 0) is 34.6 Å². The first-order valence-electron chi connectivity index (χ1n) is 8.58. The molecule has 0 aromatic rings. The van der Waals surface area contributed by atoms with Crippen LogP contribution in [0.2, 0.25) is 0 Å². The molecule has 2 amide bonds. The Labute approximate surface area is 149 Å². The van der Waals surface area contributed by atoms with Crippen LogP contribution < -0.4 is 0 Å². The Morgan fingerprint density at radius 1 is 1.16 bits per heavy atom. The third-order valence-corrected chi connectivity index (χ3v) is 4.13. The summed E-state index contributed by atoms with van der Waals surface area (Å²) in [4.78, 5) is 29.4. The molecule has 0 spiro atoms. The maximum absolute atomic E-state index is 13.8. The first-order chi connectivity index (χ1) is 11.4. The number of halogens is 1. The molecule has 0 unspecified atom stereocenters. The molecule has 0 bridgehead atoms. The molecule has 0 aliphatic carbocycles. The Hall–Kier alpha value is -1.41. The van der Waals surface area contributed by atoms with E-state index < -0.39 is 23.3 Å². The second-order valence-electron chi connectivity index (χ2n) is 8.11. The minimum absolute atomic E-state index is 0.000128. The maximum Gasteiger partial charge on any atom is 0.408 e. The number of carboxylic acid groups (broad SMARTS) is 1. The highest BCUT2D eigenvalue weighted by Crippen LogP contribution is 2.20. The van der Waals surface area contributed by atoms with Gasteiger partial charge in [-0.1, -0.05) is 0 Å². The number of methoxy groups -OCH3 is 1. The molecule has 25 heavy (non-hydrogen) atoms. The van der Waals surface area contributed by atoms with E-state index in [0.717, 1.165) is 4.90 Å². The minimum Gasteiger partial charge on any atom is -0.465 e. The van der Waals surface area contributed by atoms with Crippen LogP contribution in [0, 0.1) is 0 Å². The summed E-state index contributed by atoms with van der Waals surface area (Å²) in [6.45, 7) is 10.7. The summed E-state index contributed by atoms with van der Waals surface area (Å²) < 4.78 is 18.9. The molecule has 1 N–H and O–H groups in total. The van der Waals surface area contributed by atoms with Gasteiger partial charge in [-0.3, -0.25) is 14.6 Å². The van der Waals surface area contributed by atoms with Crippen molar-refractivity contribution in [3.63, 3.8) is 0 Å². The van der Waals surface area contributed by atoms with Gasteiger partial charge in [-0.2, -0.15) is 0 Å². The highest BCUT2D eigenvalue weighted by Gasteiger charge is 2.40. The van der Waals surface area contributed by atoms with E-state index >= 15 is 0 Å². The maximum atomic E-state index is 13.8. The summed E-state index contributed by atoms with van der Waals surface area (Å²) in [6, 6.07) is -0.897. The highest BCUT2D eigenvalue weighted by molar-refractivity contribution is 5.86. The number of hydrogen-bond acceptors (Lipinski definition) is 4. The van der Waals surface area contributed by atoms with Crippen molar-refractivity contribution in [1.29, 1.82) is 0 Å². The van der Waals surface area contributed by atoms with E-state index in [4.69, 9.17) is 4.74 Å². The predicted octanol–water partition coefficient (Wildman–Crippen LogP) is 1.67. The fraction of sp³-hybridized carbons (Fsp3) is 0.882. The fourth-order valence-electron chi connectivity index (χ4n) is 3.17. The van der Waals surface area contributed by atoms with Crippen molar-refractivity contribution in [3.05, 3.63) is 0 Å². The molecule has 0 saturated carbocycles. The van der Waals surface area contributed by atoms with Crippen molar-refractivity contribution in [2.45, 2.75) is 51.9 Å². The lowest BCUT2D eigenvalue weighted by molar-refractivity contribution is -0.142. The molecule has 1 aliphatic rings. The molecule has 1 atom stereocenters. The standard InChI is InChI=1S/C17H32FN3O4/c1-16(2,3)21(15(23)24)13(11-25-6)14(22)20-9-7-19(8-10-20)12-17(4,5)18/h13H,7-12H2,1-6H3,(H,23,24)/t13-/m0/s1. The SMILES string of the molecule is COC[C@@H](C(=O)N1CCN(CC(C)(C)F)CC1)N(C(=O)O)C(C)(C)C. The average molecular weight is 361 g/mol. The van der Waals surface area contributed by atoms with Crippen molar-refractivity contribution < 1.29 is 23.8 Å². The van der Waals surface area contributed by atoms with Crippen LogP contribution in [-0.4, -0.2) is 95.5 Å². The number of carbonyl (C=O) groups is 2. The van der Waals surface area contributed by atoms with Crippen molar-refractivity contribution in [1.82, 2.24) is 14.7 Å². The van der Waals surface area contributed by atoms with E-state index in [0.29, 0.717) is 32.7 Å². The number of nitrogens with zero attached hydrogens (tertiary/aromatic N) is 3. The van der Waals surface area contributed by atoms with E-state index in [1.807, 2.05) is 4.90 Å². The number of alkyl halides is 1. The van der Waals surface area contributed by atoms with Crippen molar-refractivity contribution >= 4 is 12.0 Å². The monoisotopic (exact) mass is 361 g/mol. The van der Waals surface area contributed by atoms with Crippen LogP contribution in [0.15, 0.2) is 0 Å². The predicted molar refractivity (Wildman–Crippen MR) is 93.5 cm³/mol. The van der Waals surface area contributed by atoms with E-state index in [2.05, 4.69) is 0 Å². The van der Waals surface area contributed by atoms with Crippen LogP contribution in [0.5, 0.6) is 0 Å². The van der Waals surface area contributed by atoms with Gasteiger partial charge in [-0.25, -0.2) is 9.18 Å². The smallest absolute Gasteiger partial charge is 0.408 e. The minimum atomic E-state index is -1.28. The Balaban J connectivity index is 2.82. The van der Waals surface area contributed by atoms with Gasteiger partial charge in [0, 0.05) is 45.4 Å². The summed E-state index contributed by atoms with van der Waals surface area (Å²) >= 11 is 0. The molecular weight excluding hydrogens is 329 g/mol. The Bertz CT molecular complexity index is 465. The molecule has 7 nitrogen and oxygen atoms in total. The lowest BCUT2D eigenvalue weighted by Gasteiger charge is -2.42. The molecule has 1 heterocycles. The first-order valence-corrected chi connectivity index (χ1v) is 8.58. The number of rotatable bonds is 6. The molecule has 8 heteroatoms. The lowest BCUT2D eigenvalue weighted by atomic mass is 10.0. The zero-order chi connectivity index (χ0) is 19.4. The van der Waals surface area contributed by atoms with Crippen LogP contribution >= 0.6 is 0 Å². The van der Waals surface area contributed by atoms with Gasteiger partial charge in [0.15, 0.2) is 0 Å². The molecule has 0 aromatic carbocycles. The molecule has 1 fully saturated rings. The molecule has 1 rings (SSSR count). The van der Waals surface area contributed by atoms with Crippen LogP contribution in [0.1, 0.15) is 34.6 Å². The Morgan fingerprint density at radius 2 is 1.68 bits per heavy atom. The number of carbonyl (C=O) groups excluding carboxylic acids is 1. The summed E-state index contributed by atoms with van der Waals surface area (Å²) in [6.07, 6.45) is -1.15. The van der Waals surface area contributed by atoms with Crippen molar-refractivity contribution in [2.75, 3.05) is 46.4 Å². The third-order valence-electron chi connectivity index (χ3n) is 4.13. The topological polar surface area (TPSA) is 73.3 Å². The van der Waals surface area contributed by atoms with Crippen molar-refractivity contribution in [2.24, 2.45) is 0 Å². The lowest BCUT2D eigenvalue weighted by Crippen LogP contribution is -2.61. The summed E-state index contributed by atoms with van der Waals surface area (Å²) in [5, 5.41) is 9.57. The van der Waals surface area contributed by atoms with Gasteiger partial charge in [0.2, 0.25) is 5.91 Å². The molecule has 1 aliphatic heterocycles. The first kappa shape index (κ1) is 21.6. The number of piperazine rings is 1. The molecule has 0 aromatic heterocycles.